The van der Waals surface area contributed by atoms with Gasteiger partial charge in [-0.2, -0.15) is 0 Å². The van der Waals surface area contributed by atoms with Crippen LogP contribution in [0.2, 0.25) is 0 Å². The summed E-state index contributed by atoms with van der Waals surface area (Å²) < 4.78 is 10.4. The summed E-state index contributed by atoms with van der Waals surface area (Å²) in [6.45, 7) is 5.18. The number of carbonyl (C=O) groups is 1. The third kappa shape index (κ3) is 4.62. The van der Waals surface area contributed by atoms with Gasteiger partial charge in [-0.25, -0.2) is 0 Å². The van der Waals surface area contributed by atoms with Crippen LogP contribution in [0.25, 0.3) is 0 Å². The molecule has 1 rings (SSSR count). The number of amides is 1. The number of carbonyl (C=O) groups excluding carboxylic acids is 1. The van der Waals surface area contributed by atoms with Crippen LogP contribution in [0.1, 0.15) is 19.8 Å². The fraction of sp³-hybridized carbons (Fsp3) is 0.909. The predicted molar refractivity (Wildman–Crippen MR) is 57.7 cm³/mol. The van der Waals surface area contributed by atoms with Gasteiger partial charge < -0.3 is 14.4 Å². The Bertz CT molecular complexity index is 190. The molecule has 0 aromatic heterocycles. The standard InChI is InChI=1S/C11H21NO3/c1-3-14-9-11(13)12(2)8-10-4-6-15-7-5-10/h10H,3-9H2,1-2H3. The first-order valence-corrected chi connectivity index (χ1v) is 5.63. The number of rotatable bonds is 5. The molecule has 0 bridgehead atoms. The third-order valence-corrected chi connectivity index (χ3v) is 2.73. The van der Waals surface area contributed by atoms with E-state index in [9.17, 15) is 4.79 Å². The van der Waals surface area contributed by atoms with Crippen molar-refractivity contribution in [2.45, 2.75) is 19.8 Å². The van der Waals surface area contributed by atoms with Gasteiger partial charge in [0.05, 0.1) is 0 Å². The molecule has 0 atom stereocenters. The largest absolute Gasteiger partial charge is 0.381 e. The number of hydrogen-bond acceptors (Lipinski definition) is 3. The van der Waals surface area contributed by atoms with Gasteiger partial charge in [-0.15, -0.1) is 0 Å². The van der Waals surface area contributed by atoms with E-state index in [2.05, 4.69) is 0 Å². The van der Waals surface area contributed by atoms with E-state index in [1.54, 1.807) is 4.90 Å². The zero-order valence-corrected chi connectivity index (χ0v) is 9.70. The molecule has 0 aromatic carbocycles. The zero-order valence-electron chi connectivity index (χ0n) is 9.70. The van der Waals surface area contributed by atoms with Crippen molar-refractivity contribution in [3.63, 3.8) is 0 Å². The second kappa shape index (κ2) is 6.80. The lowest BCUT2D eigenvalue weighted by Gasteiger charge is -2.27. The highest BCUT2D eigenvalue weighted by atomic mass is 16.5. The van der Waals surface area contributed by atoms with Gasteiger partial charge in [0.25, 0.3) is 0 Å². The van der Waals surface area contributed by atoms with Gasteiger partial charge in [0.2, 0.25) is 5.91 Å². The first-order chi connectivity index (χ1) is 7.24. The number of likely N-dealkylation sites (N-methyl/N-ethyl adjacent to an activating group) is 1. The van der Waals surface area contributed by atoms with Crippen molar-refractivity contribution in [2.24, 2.45) is 5.92 Å². The average Bonchev–Trinajstić information content (AvgIpc) is 2.27. The molecule has 1 aliphatic heterocycles. The Kier molecular flexibility index (Phi) is 5.65. The average molecular weight is 215 g/mol. The maximum absolute atomic E-state index is 11.5. The van der Waals surface area contributed by atoms with Crippen LogP contribution in [0.3, 0.4) is 0 Å². The highest BCUT2D eigenvalue weighted by molar-refractivity contribution is 5.77. The quantitative estimate of drug-likeness (QED) is 0.684. The molecule has 88 valence electrons. The molecule has 0 aromatic rings. The van der Waals surface area contributed by atoms with Gasteiger partial charge in [-0.3, -0.25) is 4.79 Å². The van der Waals surface area contributed by atoms with Gasteiger partial charge >= 0.3 is 0 Å². The van der Waals surface area contributed by atoms with Crippen molar-refractivity contribution >= 4 is 5.91 Å². The summed E-state index contributed by atoms with van der Waals surface area (Å²) in [5.41, 5.74) is 0. The summed E-state index contributed by atoms with van der Waals surface area (Å²) in [7, 11) is 1.84. The Hall–Kier alpha value is -0.610. The van der Waals surface area contributed by atoms with E-state index in [-0.39, 0.29) is 12.5 Å². The molecule has 0 spiro atoms. The van der Waals surface area contributed by atoms with Gasteiger partial charge in [0, 0.05) is 33.4 Å². The molecular weight excluding hydrogens is 194 g/mol. The monoisotopic (exact) mass is 215 g/mol. The molecule has 1 saturated heterocycles. The van der Waals surface area contributed by atoms with E-state index in [1.165, 1.54) is 0 Å². The van der Waals surface area contributed by atoms with E-state index in [0.29, 0.717) is 12.5 Å². The fourth-order valence-electron chi connectivity index (χ4n) is 1.72. The molecule has 0 unspecified atom stereocenters. The van der Waals surface area contributed by atoms with Crippen LogP contribution in [-0.2, 0) is 14.3 Å². The van der Waals surface area contributed by atoms with Gasteiger partial charge in [0.1, 0.15) is 6.61 Å². The first kappa shape index (κ1) is 12.5. The van der Waals surface area contributed by atoms with Crippen LogP contribution in [0.5, 0.6) is 0 Å². The Morgan fingerprint density at radius 3 is 2.73 bits per heavy atom. The molecular formula is C11H21NO3. The van der Waals surface area contributed by atoms with E-state index in [1.807, 2.05) is 14.0 Å². The van der Waals surface area contributed by atoms with Gasteiger partial charge in [0.15, 0.2) is 0 Å². The fourth-order valence-corrected chi connectivity index (χ4v) is 1.72. The summed E-state index contributed by atoms with van der Waals surface area (Å²) in [6, 6.07) is 0. The minimum Gasteiger partial charge on any atom is -0.381 e. The first-order valence-electron chi connectivity index (χ1n) is 5.63. The van der Waals surface area contributed by atoms with Gasteiger partial charge in [-0.1, -0.05) is 0 Å². The number of ether oxygens (including phenoxy) is 2. The molecule has 0 saturated carbocycles. The molecule has 4 heteroatoms. The van der Waals surface area contributed by atoms with Gasteiger partial charge in [-0.05, 0) is 25.7 Å². The van der Waals surface area contributed by atoms with Crippen molar-refractivity contribution in [1.29, 1.82) is 0 Å². The predicted octanol–water partition coefficient (Wildman–Crippen LogP) is 0.908. The minimum absolute atomic E-state index is 0.0725. The Labute approximate surface area is 91.5 Å². The molecule has 1 aliphatic rings. The van der Waals surface area contributed by atoms with Crippen LogP contribution in [0.15, 0.2) is 0 Å². The minimum atomic E-state index is 0.0725. The Morgan fingerprint density at radius 1 is 1.47 bits per heavy atom. The molecule has 0 N–H and O–H groups in total. The SMILES string of the molecule is CCOCC(=O)N(C)CC1CCOCC1. The summed E-state index contributed by atoms with van der Waals surface area (Å²) >= 11 is 0. The molecule has 1 heterocycles. The maximum atomic E-state index is 11.5. The normalized spacial score (nSPS) is 17.7. The maximum Gasteiger partial charge on any atom is 0.248 e. The van der Waals surface area contributed by atoms with Crippen molar-refractivity contribution in [2.75, 3.05) is 40.0 Å². The summed E-state index contributed by atoms with van der Waals surface area (Å²) in [4.78, 5) is 13.3. The molecule has 1 fully saturated rings. The summed E-state index contributed by atoms with van der Waals surface area (Å²) in [5, 5.41) is 0. The Morgan fingerprint density at radius 2 is 2.13 bits per heavy atom. The van der Waals surface area contributed by atoms with Crippen molar-refractivity contribution < 1.29 is 14.3 Å². The molecule has 1 amide bonds. The second-order valence-corrected chi connectivity index (χ2v) is 3.97. The topological polar surface area (TPSA) is 38.8 Å². The summed E-state index contributed by atoms with van der Waals surface area (Å²) in [5.74, 6) is 0.665. The third-order valence-electron chi connectivity index (χ3n) is 2.73. The van der Waals surface area contributed by atoms with E-state index >= 15 is 0 Å². The summed E-state index contributed by atoms with van der Waals surface area (Å²) in [6.07, 6.45) is 2.12. The van der Waals surface area contributed by atoms with E-state index in [0.717, 1.165) is 32.6 Å². The molecule has 0 radical (unpaired) electrons. The van der Waals surface area contributed by atoms with E-state index < -0.39 is 0 Å². The van der Waals surface area contributed by atoms with Crippen molar-refractivity contribution in [3.05, 3.63) is 0 Å². The lowest BCUT2D eigenvalue weighted by molar-refractivity contribution is -0.135. The molecule has 0 aliphatic carbocycles. The highest BCUT2D eigenvalue weighted by Crippen LogP contribution is 2.15. The Balaban J connectivity index is 2.20. The molecule has 4 nitrogen and oxygen atoms in total. The van der Waals surface area contributed by atoms with E-state index in [4.69, 9.17) is 9.47 Å². The van der Waals surface area contributed by atoms with Crippen LogP contribution < -0.4 is 0 Å². The second-order valence-electron chi connectivity index (χ2n) is 3.97. The number of hydrogen-bond donors (Lipinski definition) is 0. The van der Waals surface area contributed by atoms with Crippen LogP contribution >= 0.6 is 0 Å². The zero-order chi connectivity index (χ0) is 11.1. The lowest BCUT2D eigenvalue weighted by Crippen LogP contribution is -2.36. The van der Waals surface area contributed by atoms with Crippen LogP contribution in [0.4, 0.5) is 0 Å². The highest BCUT2D eigenvalue weighted by Gasteiger charge is 2.18. The molecule has 15 heavy (non-hydrogen) atoms. The van der Waals surface area contributed by atoms with Crippen LogP contribution in [-0.4, -0.2) is 50.8 Å². The van der Waals surface area contributed by atoms with Crippen LogP contribution in [0, 0.1) is 5.92 Å². The van der Waals surface area contributed by atoms with Crippen molar-refractivity contribution in [3.8, 4) is 0 Å². The lowest BCUT2D eigenvalue weighted by atomic mass is 10.00. The number of nitrogens with zero attached hydrogens (tertiary/aromatic N) is 1. The smallest absolute Gasteiger partial charge is 0.248 e. The van der Waals surface area contributed by atoms with Crippen molar-refractivity contribution in [1.82, 2.24) is 4.90 Å².